The van der Waals surface area contributed by atoms with Crippen LogP contribution >= 0.6 is 11.3 Å². The molecule has 0 bridgehead atoms. The van der Waals surface area contributed by atoms with Crippen molar-refractivity contribution in [3.63, 3.8) is 0 Å². The van der Waals surface area contributed by atoms with Crippen LogP contribution in [0.5, 0.6) is 0 Å². The minimum absolute atomic E-state index is 0.125. The predicted molar refractivity (Wildman–Crippen MR) is 98.0 cm³/mol. The van der Waals surface area contributed by atoms with Crippen LogP contribution in [-0.4, -0.2) is 49.8 Å². The Kier molecular flexibility index (Phi) is 6.09. The zero-order chi connectivity index (χ0) is 17.6. The lowest BCUT2D eigenvalue weighted by Gasteiger charge is -2.30. The average Bonchev–Trinajstić information content (AvgIpc) is 2.87. The summed E-state index contributed by atoms with van der Waals surface area (Å²) < 4.78 is 0. The summed E-state index contributed by atoms with van der Waals surface area (Å²) in [6, 6.07) is 0.283. The molecule has 2 aromatic heterocycles. The van der Waals surface area contributed by atoms with E-state index in [0.29, 0.717) is 6.54 Å². The summed E-state index contributed by atoms with van der Waals surface area (Å²) in [5.41, 5.74) is 0.985. The maximum Gasteiger partial charge on any atom is 0.219 e. The summed E-state index contributed by atoms with van der Waals surface area (Å²) >= 11 is 1.77. The Morgan fingerprint density at radius 1 is 1.28 bits per heavy atom. The molecular weight excluding hydrogens is 334 g/mol. The topological polar surface area (TPSA) is 62.2 Å². The van der Waals surface area contributed by atoms with Gasteiger partial charge in [-0.05, 0) is 32.7 Å². The first-order valence-electron chi connectivity index (χ1n) is 8.76. The van der Waals surface area contributed by atoms with Gasteiger partial charge in [-0.2, -0.15) is 0 Å². The van der Waals surface area contributed by atoms with E-state index in [1.54, 1.807) is 30.7 Å². The van der Waals surface area contributed by atoms with E-state index in [1.807, 2.05) is 18.0 Å². The molecule has 1 saturated heterocycles. The number of amides is 1. The molecule has 1 aliphatic heterocycles. The fraction of sp³-hybridized carbons (Fsp3) is 0.556. The predicted octanol–water partition coefficient (Wildman–Crippen LogP) is 2.64. The van der Waals surface area contributed by atoms with Crippen LogP contribution < -0.4 is 0 Å². The van der Waals surface area contributed by atoms with Crippen LogP contribution in [0.3, 0.4) is 0 Å². The number of aromatic nitrogens is 3. The molecule has 0 aromatic carbocycles. The second-order valence-corrected chi connectivity index (χ2v) is 7.92. The van der Waals surface area contributed by atoms with Crippen LogP contribution in [0.2, 0.25) is 0 Å². The maximum atomic E-state index is 12.2. The SMILES string of the molecule is CC(=O)N(Cc1cncnc1)[C@@H]1CCCN(Cc2cnc(C)s2)CC1. The van der Waals surface area contributed by atoms with E-state index in [1.165, 1.54) is 11.2 Å². The van der Waals surface area contributed by atoms with Crippen molar-refractivity contribution in [2.75, 3.05) is 13.1 Å². The maximum absolute atomic E-state index is 12.2. The lowest BCUT2D eigenvalue weighted by molar-refractivity contribution is -0.132. The van der Waals surface area contributed by atoms with E-state index in [-0.39, 0.29) is 11.9 Å². The molecule has 3 rings (SSSR count). The Hall–Kier alpha value is -1.86. The van der Waals surface area contributed by atoms with Crippen molar-refractivity contribution in [1.82, 2.24) is 24.8 Å². The molecule has 6 nitrogen and oxygen atoms in total. The largest absolute Gasteiger partial charge is 0.335 e. The first kappa shape index (κ1) is 17.9. The van der Waals surface area contributed by atoms with Gasteiger partial charge in [-0.1, -0.05) is 0 Å². The second kappa shape index (κ2) is 8.49. The van der Waals surface area contributed by atoms with Gasteiger partial charge in [0, 0.05) is 61.6 Å². The molecule has 25 heavy (non-hydrogen) atoms. The van der Waals surface area contributed by atoms with E-state index in [0.717, 1.165) is 49.5 Å². The Balaban J connectivity index is 1.60. The normalized spacial score (nSPS) is 18.7. The van der Waals surface area contributed by atoms with Crippen LogP contribution in [0.1, 0.15) is 41.6 Å². The number of hydrogen-bond acceptors (Lipinski definition) is 6. The zero-order valence-electron chi connectivity index (χ0n) is 14.9. The lowest BCUT2D eigenvalue weighted by Crippen LogP contribution is -2.39. The number of nitrogens with zero attached hydrogens (tertiary/aromatic N) is 5. The molecular formula is C18H25N5OS. The van der Waals surface area contributed by atoms with Crippen LogP contribution in [0.4, 0.5) is 0 Å². The summed E-state index contributed by atoms with van der Waals surface area (Å²) in [4.78, 5) is 30.5. The van der Waals surface area contributed by atoms with Gasteiger partial charge in [0.1, 0.15) is 6.33 Å². The zero-order valence-corrected chi connectivity index (χ0v) is 15.7. The van der Waals surface area contributed by atoms with Crippen molar-refractivity contribution >= 4 is 17.2 Å². The van der Waals surface area contributed by atoms with Crippen molar-refractivity contribution < 1.29 is 4.79 Å². The van der Waals surface area contributed by atoms with E-state index in [9.17, 15) is 4.79 Å². The molecule has 7 heteroatoms. The summed E-state index contributed by atoms with van der Waals surface area (Å²) in [6.07, 6.45) is 10.2. The third-order valence-electron chi connectivity index (χ3n) is 4.65. The molecule has 1 amide bonds. The third kappa shape index (κ3) is 5.06. The van der Waals surface area contributed by atoms with Crippen molar-refractivity contribution in [1.29, 1.82) is 0 Å². The monoisotopic (exact) mass is 359 g/mol. The number of hydrogen-bond donors (Lipinski definition) is 0. The molecule has 0 saturated carbocycles. The number of carbonyl (C=O) groups excluding carboxylic acids is 1. The Labute approximate surface area is 152 Å². The van der Waals surface area contributed by atoms with Gasteiger partial charge in [-0.25, -0.2) is 15.0 Å². The molecule has 0 radical (unpaired) electrons. The van der Waals surface area contributed by atoms with Gasteiger partial charge in [0.05, 0.1) is 5.01 Å². The molecule has 1 aliphatic rings. The van der Waals surface area contributed by atoms with E-state index < -0.39 is 0 Å². The van der Waals surface area contributed by atoms with E-state index in [2.05, 4.69) is 19.9 Å². The quantitative estimate of drug-likeness (QED) is 0.821. The fourth-order valence-electron chi connectivity index (χ4n) is 3.41. The van der Waals surface area contributed by atoms with Gasteiger partial charge in [-0.3, -0.25) is 9.69 Å². The second-order valence-electron chi connectivity index (χ2n) is 6.60. The highest BCUT2D eigenvalue weighted by atomic mass is 32.1. The molecule has 0 spiro atoms. The number of likely N-dealkylation sites (tertiary alicyclic amines) is 1. The smallest absolute Gasteiger partial charge is 0.219 e. The summed E-state index contributed by atoms with van der Waals surface area (Å²) in [6.45, 7) is 7.35. The number of rotatable bonds is 5. The molecule has 0 aliphatic carbocycles. The van der Waals surface area contributed by atoms with Crippen LogP contribution in [0.25, 0.3) is 0 Å². The van der Waals surface area contributed by atoms with Gasteiger partial charge in [0.2, 0.25) is 5.91 Å². The highest BCUT2D eigenvalue weighted by Crippen LogP contribution is 2.22. The summed E-state index contributed by atoms with van der Waals surface area (Å²) in [7, 11) is 0. The lowest BCUT2D eigenvalue weighted by atomic mass is 10.1. The third-order valence-corrected chi connectivity index (χ3v) is 5.55. The molecule has 3 heterocycles. The minimum Gasteiger partial charge on any atom is -0.335 e. The Morgan fingerprint density at radius 3 is 2.76 bits per heavy atom. The molecule has 1 atom stereocenters. The summed E-state index contributed by atoms with van der Waals surface area (Å²) in [5.74, 6) is 0.125. The highest BCUT2D eigenvalue weighted by molar-refractivity contribution is 7.11. The van der Waals surface area contributed by atoms with Gasteiger partial charge in [0.15, 0.2) is 0 Å². The fourth-order valence-corrected chi connectivity index (χ4v) is 4.25. The van der Waals surface area contributed by atoms with Crippen molar-refractivity contribution in [2.24, 2.45) is 0 Å². The van der Waals surface area contributed by atoms with E-state index >= 15 is 0 Å². The van der Waals surface area contributed by atoms with Crippen LogP contribution in [-0.2, 0) is 17.9 Å². The number of aryl methyl sites for hydroxylation is 1. The number of thiazole rings is 1. The number of carbonyl (C=O) groups is 1. The molecule has 1 fully saturated rings. The first-order chi connectivity index (χ1) is 12.1. The molecule has 0 unspecified atom stereocenters. The average molecular weight is 359 g/mol. The van der Waals surface area contributed by atoms with Gasteiger partial charge in [0.25, 0.3) is 0 Å². The van der Waals surface area contributed by atoms with Crippen LogP contribution in [0.15, 0.2) is 24.9 Å². The van der Waals surface area contributed by atoms with Gasteiger partial charge in [-0.15, -0.1) is 11.3 Å². The van der Waals surface area contributed by atoms with Crippen molar-refractivity contribution in [3.8, 4) is 0 Å². The first-order valence-corrected chi connectivity index (χ1v) is 9.58. The van der Waals surface area contributed by atoms with Crippen molar-refractivity contribution in [2.45, 2.75) is 52.2 Å². The molecule has 2 aromatic rings. The molecule has 134 valence electrons. The minimum atomic E-state index is 0.125. The standard InChI is InChI=1S/C18H25N5OS/c1-14-21-10-18(25-14)12-22-6-3-4-17(5-7-22)23(15(2)24)11-16-8-19-13-20-9-16/h8-10,13,17H,3-7,11-12H2,1-2H3/t17-/m1/s1. The van der Waals surface area contributed by atoms with Gasteiger partial charge >= 0.3 is 0 Å². The highest BCUT2D eigenvalue weighted by Gasteiger charge is 2.25. The molecule has 0 N–H and O–H groups in total. The van der Waals surface area contributed by atoms with Gasteiger partial charge < -0.3 is 4.90 Å². The summed E-state index contributed by atoms with van der Waals surface area (Å²) in [5, 5.41) is 1.12. The Bertz CT molecular complexity index is 690. The van der Waals surface area contributed by atoms with Crippen molar-refractivity contribution in [3.05, 3.63) is 40.4 Å². The van der Waals surface area contributed by atoms with E-state index in [4.69, 9.17) is 0 Å². The van der Waals surface area contributed by atoms with Crippen LogP contribution in [0, 0.1) is 6.92 Å². The Morgan fingerprint density at radius 2 is 2.08 bits per heavy atom.